The molecule has 1 N–H and O–H groups in total. The van der Waals surface area contributed by atoms with E-state index in [2.05, 4.69) is 21.1 Å². The van der Waals surface area contributed by atoms with Crippen LogP contribution >= 0.6 is 15.9 Å². The zero-order valence-electron chi connectivity index (χ0n) is 11.7. The molecule has 0 unspecified atom stereocenters. The van der Waals surface area contributed by atoms with Crippen molar-refractivity contribution in [2.75, 3.05) is 0 Å². The van der Waals surface area contributed by atoms with E-state index in [9.17, 15) is 4.39 Å². The van der Waals surface area contributed by atoms with Crippen molar-refractivity contribution in [3.63, 3.8) is 0 Å². The molecule has 110 valence electrons. The summed E-state index contributed by atoms with van der Waals surface area (Å²) in [6.07, 6.45) is 0. The fourth-order valence-corrected chi connectivity index (χ4v) is 2.23. The zero-order valence-corrected chi connectivity index (χ0v) is 13.3. The van der Waals surface area contributed by atoms with Crippen molar-refractivity contribution >= 4 is 21.6 Å². The van der Waals surface area contributed by atoms with Crippen LogP contribution in [0.5, 0.6) is 5.75 Å². The number of benzene rings is 2. The minimum absolute atomic E-state index is 0.105. The molecule has 3 nitrogen and oxygen atoms in total. The van der Waals surface area contributed by atoms with E-state index in [1.165, 1.54) is 6.07 Å². The predicted molar refractivity (Wildman–Crippen MR) is 83.6 cm³/mol. The smallest absolute Gasteiger partial charge is 0.130 e. The van der Waals surface area contributed by atoms with Gasteiger partial charge < -0.3 is 9.94 Å². The summed E-state index contributed by atoms with van der Waals surface area (Å²) in [5, 5.41) is 12.1. The van der Waals surface area contributed by atoms with Gasteiger partial charge in [0.2, 0.25) is 0 Å². The van der Waals surface area contributed by atoms with Gasteiger partial charge in [0, 0.05) is 15.6 Å². The van der Waals surface area contributed by atoms with Gasteiger partial charge in [0.05, 0.1) is 5.71 Å². The van der Waals surface area contributed by atoms with Crippen molar-refractivity contribution in [2.45, 2.75) is 20.5 Å². The van der Waals surface area contributed by atoms with Gasteiger partial charge in [0.25, 0.3) is 0 Å². The molecule has 0 atom stereocenters. The molecule has 0 heterocycles. The third kappa shape index (κ3) is 3.82. The van der Waals surface area contributed by atoms with Crippen LogP contribution in [0.1, 0.15) is 23.6 Å². The Labute approximate surface area is 131 Å². The van der Waals surface area contributed by atoms with Crippen molar-refractivity contribution in [3.05, 3.63) is 63.4 Å². The number of nitrogens with zero attached hydrogens (tertiary/aromatic N) is 1. The fraction of sp³-hybridized carbons (Fsp3) is 0.188. The van der Waals surface area contributed by atoms with Crippen LogP contribution in [0.3, 0.4) is 0 Å². The second-order valence-corrected chi connectivity index (χ2v) is 5.63. The van der Waals surface area contributed by atoms with Crippen molar-refractivity contribution in [2.24, 2.45) is 5.16 Å². The minimum atomic E-state index is -0.328. The standard InChI is InChI=1S/C16H15BrFNO2/c1-10-3-6-14(11(2)19-20)16(7-10)21-9-12-4-5-13(17)8-15(12)18/h3-8,20H,9H2,1-2H3. The third-order valence-corrected chi connectivity index (χ3v) is 3.57. The molecule has 0 bridgehead atoms. The summed E-state index contributed by atoms with van der Waals surface area (Å²) in [4.78, 5) is 0. The van der Waals surface area contributed by atoms with Crippen LogP contribution in [0.25, 0.3) is 0 Å². The van der Waals surface area contributed by atoms with Crippen LogP contribution in [-0.4, -0.2) is 10.9 Å². The first kappa shape index (κ1) is 15.5. The van der Waals surface area contributed by atoms with Gasteiger partial charge in [0.15, 0.2) is 0 Å². The Bertz CT molecular complexity index is 686. The molecule has 0 aliphatic carbocycles. The van der Waals surface area contributed by atoms with Crippen LogP contribution < -0.4 is 4.74 Å². The first-order chi connectivity index (χ1) is 10.0. The van der Waals surface area contributed by atoms with Crippen molar-refractivity contribution in [1.82, 2.24) is 0 Å². The molecule has 2 aromatic carbocycles. The van der Waals surface area contributed by atoms with E-state index in [1.54, 1.807) is 19.1 Å². The lowest BCUT2D eigenvalue weighted by Crippen LogP contribution is -2.04. The molecule has 0 amide bonds. The maximum Gasteiger partial charge on any atom is 0.130 e. The molecular formula is C16H15BrFNO2. The fourth-order valence-electron chi connectivity index (χ4n) is 1.90. The molecule has 0 saturated carbocycles. The molecule has 0 saturated heterocycles. The van der Waals surface area contributed by atoms with Crippen LogP contribution in [-0.2, 0) is 6.61 Å². The van der Waals surface area contributed by atoms with Crippen LogP contribution in [0.4, 0.5) is 4.39 Å². The molecular weight excluding hydrogens is 337 g/mol. The predicted octanol–water partition coefficient (Wildman–Crippen LogP) is 4.67. The van der Waals surface area contributed by atoms with Gasteiger partial charge in [-0.05, 0) is 43.7 Å². The summed E-state index contributed by atoms with van der Waals surface area (Å²) in [6.45, 7) is 3.72. The highest BCUT2D eigenvalue weighted by atomic mass is 79.9. The Morgan fingerprint density at radius 1 is 1.29 bits per heavy atom. The highest BCUT2D eigenvalue weighted by Gasteiger charge is 2.10. The molecule has 21 heavy (non-hydrogen) atoms. The number of hydrogen-bond donors (Lipinski definition) is 1. The number of ether oxygens (including phenoxy) is 1. The summed E-state index contributed by atoms with van der Waals surface area (Å²) in [7, 11) is 0. The molecule has 2 rings (SSSR count). The van der Waals surface area contributed by atoms with E-state index in [1.807, 2.05) is 25.1 Å². The van der Waals surface area contributed by atoms with Gasteiger partial charge >= 0.3 is 0 Å². The van der Waals surface area contributed by atoms with E-state index >= 15 is 0 Å². The van der Waals surface area contributed by atoms with Crippen molar-refractivity contribution in [3.8, 4) is 5.75 Å². The molecule has 5 heteroatoms. The van der Waals surface area contributed by atoms with Crippen LogP contribution in [0.2, 0.25) is 0 Å². The van der Waals surface area contributed by atoms with Crippen molar-refractivity contribution in [1.29, 1.82) is 0 Å². The Kier molecular flexibility index (Phi) is 4.96. The number of halogens is 2. The normalized spacial score (nSPS) is 11.5. The molecule has 0 aliphatic heterocycles. The summed E-state index contributed by atoms with van der Waals surface area (Å²) < 4.78 is 20.2. The largest absolute Gasteiger partial charge is 0.488 e. The molecule has 0 aromatic heterocycles. The summed E-state index contributed by atoms with van der Waals surface area (Å²) in [5.74, 6) is 0.235. The topological polar surface area (TPSA) is 41.8 Å². The van der Waals surface area contributed by atoms with Gasteiger partial charge in [-0.15, -0.1) is 0 Å². The third-order valence-electron chi connectivity index (χ3n) is 3.08. The first-order valence-corrected chi connectivity index (χ1v) is 7.17. The average Bonchev–Trinajstić information content (AvgIpc) is 2.45. The van der Waals surface area contributed by atoms with Gasteiger partial charge in [0.1, 0.15) is 18.2 Å². The summed E-state index contributed by atoms with van der Waals surface area (Å²) >= 11 is 3.22. The SMILES string of the molecule is CC(=NO)c1ccc(C)cc1OCc1ccc(Br)cc1F. The van der Waals surface area contributed by atoms with E-state index in [4.69, 9.17) is 9.94 Å². The van der Waals surface area contributed by atoms with Crippen LogP contribution in [0.15, 0.2) is 46.0 Å². The van der Waals surface area contributed by atoms with Crippen LogP contribution in [0, 0.1) is 12.7 Å². The highest BCUT2D eigenvalue weighted by Crippen LogP contribution is 2.23. The summed E-state index contributed by atoms with van der Waals surface area (Å²) in [5.41, 5.74) is 2.60. The van der Waals surface area contributed by atoms with Gasteiger partial charge in [-0.3, -0.25) is 0 Å². The van der Waals surface area contributed by atoms with E-state index < -0.39 is 0 Å². The molecule has 0 radical (unpaired) electrons. The monoisotopic (exact) mass is 351 g/mol. The Balaban J connectivity index is 2.25. The Hall–Kier alpha value is -1.88. The maximum absolute atomic E-state index is 13.8. The number of aryl methyl sites for hydroxylation is 1. The molecule has 0 fully saturated rings. The quantitative estimate of drug-likeness (QED) is 0.493. The van der Waals surface area contributed by atoms with Crippen molar-refractivity contribution < 1.29 is 14.3 Å². The highest BCUT2D eigenvalue weighted by molar-refractivity contribution is 9.10. The van der Waals surface area contributed by atoms with Gasteiger partial charge in [-0.25, -0.2) is 4.39 Å². The first-order valence-electron chi connectivity index (χ1n) is 6.37. The lowest BCUT2D eigenvalue weighted by Gasteiger charge is -2.12. The van der Waals surface area contributed by atoms with E-state index in [-0.39, 0.29) is 12.4 Å². The second-order valence-electron chi connectivity index (χ2n) is 4.71. The summed E-state index contributed by atoms with van der Waals surface area (Å²) in [6, 6.07) is 10.4. The second kappa shape index (κ2) is 6.72. The maximum atomic E-state index is 13.8. The van der Waals surface area contributed by atoms with E-state index in [0.29, 0.717) is 27.1 Å². The van der Waals surface area contributed by atoms with Gasteiger partial charge in [-0.2, -0.15) is 0 Å². The molecule has 0 aliphatic rings. The lowest BCUT2D eigenvalue weighted by atomic mass is 10.1. The van der Waals surface area contributed by atoms with Gasteiger partial charge in [-0.1, -0.05) is 33.2 Å². The minimum Gasteiger partial charge on any atom is -0.488 e. The van der Waals surface area contributed by atoms with E-state index in [0.717, 1.165) is 5.56 Å². The molecule has 0 spiro atoms. The molecule has 2 aromatic rings. The number of hydrogen-bond acceptors (Lipinski definition) is 3. The average molecular weight is 352 g/mol. The number of oxime groups is 1. The lowest BCUT2D eigenvalue weighted by molar-refractivity contribution is 0.297. The Morgan fingerprint density at radius 2 is 2.05 bits per heavy atom. The number of rotatable bonds is 4. The zero-order chi connectivity index (χ0) is 15.4. The Morgan fingerprint density at radius 3 is 2.71 bits per heavy atom.